The molecule has 0 radical (unpaired) electrons. The first-order valence-electron chi connectivity index (χ1n) is 6.86. The highest BCUT2D eigenvalue weighted by Gasteiger charge is 2.18. The summed E-state index contributed by atoms with van der Waals surface area (Å²) >= 11 is 0. The van der Waals surface area contributed by atoms with E-state index in [0.29, 0.717) is 0 Å². The minimum atomic E-state index is 0.820. The lowest BCUT2D eigenvalue weighted by Gasteiger charge is -2.25. The van der Waals surface area contributed by atoms with Crippen LogP contribution in [0.3, 0.4) is 0 Å². The second kappa shape index (κ2) is 4.45. The molecule has 102 valence electrons. The number of aryl methyl sites for hydroxylation is 1. The van der Waals surface area contributed by atoms with Crippen molar-refractivity contribution in [1.29, 1.82) is 0 Å². The summed E-state index contributed by atoms with van der Waals surface area (Å²) in [5, 5.41) is 9.28. The molecule has 0 N–H and O–H groups in total. The van der Waals surface area contributed by atoms with E-state index in [9.17, 15) is 0 Å². The molecule has 0 saturated carbocycles. The molecule has 0 bridgehead atoms. The minimum Gasteiger partial charge on any atom is -0.460 e. The van der Waals surface area contributed by atoms with Gasteiger partial charge in [-0.05, 0) is 25.1 Å². The Morgan fingerprint density at radius 3 is 3.15 bits per heavy atom. The maximum absolute atomic E-state index is 5.91. The number of nitrogens with zero attached hydrogens (tertiary/aromatic N) is 4. The molecule has 0 aliphatic carbocycles. The van der Waals surface area contributed by atoms with Crippen LogP contribution in [-0.2, 0) is 19.6 Å². The van der Waals surface area contributed by atoms with Gasteiger partial charge in [0.15, 0.2) is 0 Å². The minimum absolute atomic E-state index is 0.820. The third-order valence-electron chi connectivity index (χ3n) is 3.82. The van der Waals surface area contributed by atoms with E-state index in [2.05, 4.69) is 44.8 Å². The molecule has 0 saturated heterocycles. The summed E-state index contributed by atoms with van der Waals surface area (Å²) < 4.78 is 8.02. The Balaban J connectivity index is 1.56. The van der Waals surface area contributed by atoms with E-state index in [1.807, 2.05) is 6.07 Å². The smallest absolute Gasteiger partial charge is 0.147 e. The molecule has 5 nitrogen and oxygen atoms in total. The molecule has 0 atom stereocenters. The second-order valence-electron chi connectivity index (χ2n) is 5.41. The third kappa shape index (κ3) is 2.00. The van der Waals surface area contributed by atoms with Crippen LogP contribution in [0.2, 0.25) is 0 Å². The zero-order valence-corrected chi connectivity index (χ0v) is 11.4. The van der Waals surface area contributed by atoms with Crippen molar-refractivity contribution in [3.8, 4) is 0 Å². The molecule has 0 amide bonds. The van der Waals surface area contributed by atoms with Crippen molar-refractivity contribution < 1.29 is 4.42 Å². The first-order chi connectivity index (χ1) is 9.78. The Bertz CT molecular complexity index is 758. The quantitative estimate of drug-likeness (QED) is 0.715. The van der Waals surface area contributed by atoms with Crippen LogP contribution in [0.5, 0.6) is 0 Å². The number of hydrogen-bond donors (Lipinski definition) is 0. The molecular formula is C15H16N4O. The lowest BCUT2D eigenvalue weighted by molar-refractivity contribution is 0.195. The van der Waals surface area contributed by atoms with Crippen LogP contribution in [0.25, 0.3) is 11.0 Å². The fourth-order valence-corrected chi connectivity index (χ4v) is 2.77. The summed E-state index contributed by atoms with van der Waals surface area (Å²) in [6.07, 6.45) is 1.80. The highest BCUT2D eigenvalue weighted by atomic mass is 16.3. The van der Waals surface area contributed by atoms with E-state index >= 15 is 0 Å². The maximum Gasteiger partial charge on any atom is 0.147 e. The summed E-state index contributed by atoms with van der Waals surface area (Å²) in [6, 6.07) is 8.43. The average molecular weight is 268 g/mol. The summed E-state index contributed by atoms with van der Waals surface area (Å²) in [5.41, 5.74) is 2.22. The van der Waals surface area contributed by atoms with Crippen LogP contribution < -0.4 is 0 Å². The number of rotatable bonds is 2. The van der Waals surface area contributed by atoms with Gasteiger partial charge in [0.1, 0.15) is 23.5 Å². The van der Waals surface area contributed by atoms with E-state index in [1.54, 1.807) is 6.33 Å². The normalized spacial score (nSPS) is 15.7. The number of fused-ring (bicyclic) bond motifs is 2. The van der Waals surface area contributed by atoms with E-state index < -0.39 is 0 Å². The summed E-state index contributed by atoms with van der Waals surface area (Å²) in [6.45, 7) is 5.70. The molecule has 20 heavy (non-hydrogen) atoms. The summed E-state index contributed by atoms with van der Waals surface area (Å²) in [7, 11) is 0. The van der Waals surface area contributed by atoms with E-state index in [0.717, 1.165) is 43.3 Å². The molecule has 5 heteroatoms. The fraction of sp³-hybridized carbons (Fsp3) is 0.333. The van der Waals surface area contributed by atoms with Crippen LogP contribution >= 0.6 is 0 Å². The van der Waals surface area contributed by atoms with Crippen LogP contribution in [0.4, 0.5) is 0 Å². The first kappa shape index (κ1) is 11.7. The SMILES string of the molecule is Cc1ccc2oc(CN3CCn4cnnc4C3)cc2c1. The van der Waals surface area contributed by atoms with Crippen molar-refractivity contribution in [2.24, 2.45) is 0 Å². The van der Waals surface area contributed by atoms with Crippen molar-refractivity contribution in [3.63, 3.8) is 0 Å². The van der Waals surface area contributed by atoms with Crippen molar-refractivity contribution in [3.05, 3.63) is 47.7 Å². The lowest BCUT2D eigenvalue weighted by Crippen LogP contribution is -2.33. The molecule has 1 aliphatic heterocycles. The Kier molecular flexibility index (Phi) is 2.60. The van der Waals surface area contributed by atoms with Gasteiger partial charge in [-0.3, -0.25) is 4.90 Å². The highest BCUT2D eigenvalue weighted by molar-refractivity contribution is 5.78. The zero-order valence-electron chi connectivity index (χ0n) is 11.4. The van der Waals surface area contributed by atoms with Gasteiger partial charge in [-0.15, -0.1) is 10.2 Å². The Morgan fingerprint density at radius 1 is 1.25 bits per heavy atom. The van der Waals surface area contributed by atoms with Gasteiger partial charge >= 0.3 is 0 Å². The van der Waals surface area contributed by atoms with Crippen molar-refractivity contribution in [2.45, 2.75) is 26.6 Å². The van der Waals surface area contributed by atoms with Crippen molar-refractivity contribution in [1.82, 2.24) is 19.7 Å². The predicted octanol–water partition coefficient (Wildman–Crippen LogP) is 2.35. The van der Waals surface area contributed by atoms with E-state index in [4.69, 9.17) is 4.42 Å². The molecule has 2 aromatic heterocycles. The Morgan fingerprint density at radius 2 is 2.20 bits per heavy atom. The number of furan rings is 1. The van der Waals surface area contributed by atoms with Crippen molar-refractivity contribution >= 4 is 11.0 Å². The molecule has 4 rings (SSSR count). The van der Waals surface area contributed by atoms with Gasteiger partial charge in [0, 0.05) is 18.5 Å². The van der Waals surface area contributed by atoms with Crippen LogP contribution in [0, 0.1) is 6.92 Å². The van der Waals surface area contributed by atoms with E-state index in [1.165, 1.54) is 10.9 Å². The molecule has 0 unspecified atom stereocenters. The molecular weight excluding hydrogens is 252 g/mol. The fourth-order valence-electron chi connectivity index (χ4n) is 2.77. The van der Waals surface area contributed by atoms with Gasteiger partial charge in [0.05, 0.1) is 13.1 Å². The molecule has 0 spiro atoms. The van der Waals surface area contributed by atoms with Crippen LogP contribution in [-0.4, -0.2) is 26.2 Å². The number of aromatic nitrogens is 3. The molecule has 1 aromatic carbocycles. The van der Waals surface area contributed by atoms with Crippen molar-refractivity contribution in [2.75, 3.05) is 6.54 Å². The van der Waals surface area contributed by atoms with Gasteiger partial charge in [-0.25, -0.2) is 0 Å². The predicted molar refractivity (Wildman–Crippen MR) is 75.1 cm³/mol. The van der Waals surface area contributed by atoms with E-state index in [-0.39, 0.29) is 0 Å². The Hall–Kier alpha value is -2.14. The van der Waals surface area contributed by atoms with Gasteiger partial charge < -0.3 is 8.98 Å². The Labute approximate surface area is 116 Å². The highest BCUT2D eigenvalue weighted by Crippen LogP contribution is 2.22. The largest absolute Gasteiger partial charge is 0.460 e. The zero-order chi connectivity index (χ0) is 13.5. The van der Waals surface area contributed by atoms with Gasteiger partial charge in [-0.1, -0.05) is 11.6 Å². The van der Waals surface area contributed by atoms with Gasteiger partial charge in [0.25, 0.3) is 0 Å². The summed E-state index contributed by atoms with van der Waals surface area (Å²) in [5.74, 6) is 2.04. The molecule has 3 heterocycles. The van der Waals surface area contributed by atoms with Crippen LogP contribution in [0.1, 0.15) is 17.1 Å². The second-order valence-corrected chi connectivity index (χ2v) is 5.41. The lowest BCUT2D eigenvalue weighted by atomic mass is 10.2. The molecule has 3 aromatic rings. The topological polar surface area (TPSA) is 47.1 Å². The molecule has 1 aliphatic rings. The van der Waals surface area contributed by atoms with Crippen LogP contribution in [0.15, 0.2) is 35.0 Å². The summed E-state index contributed by atoms with van der Waals surface area (Å²) in [4.78, 5) is 2.34. The standard InChI is InChI=1S/C15H16N4O/c1-11-2-3-14-12(6-11)7-13(20-14)8-18-4-5-19-10-16-17-15(19)9-18/h2-3,6-7,10H,4-5,8-9H2,1H3. The monoisotopic (exact) mass is 268 g/mol. The average Bonchev–Trinajstić information content (AvgIpc) is 3.03. The first-order valence-corrected chi connectivity index (χ1v) is 6.86. The number of hydrogen-bond acceptors (Lipinski definition) is 4. The van der Waals surface area contributed by atoms with Gasteiger partial charge in [-0.2, -0.15) is 0 Å². The maximum atomic E-state index is 5.91. The number of benzene rings is 1. The molecule has 0 fully saturated rings. The van der Waals surface area contributed by atoms with Gasteiger partial charge in [0.2, 0.25) is 0 Å². The third-order valence-corrected chi connectivity index (χ3v) is 3.82.